The van der Waals surface area contributed by atoms with Crippen molar-refractivity contribution < 1.29 is 27.1 Å². The van der Waals surface area contributed by atoms with E-state index in [2.05, 4.69) is 4.99 Å². The highest BCUT2D eigenvalue weighted by Crippen LogP contribution is 2.41. The molecule has 0 aliphatic carbocycles. The molecule has 2 nitrogen and oxygen atoms in total. The maximum atomic E-state index is 14.1. The van der Waals surface area contributed by atoms with Crippen molar-refractivity contribution in [1.29, 1.82) is 0 Å². The summed E-state index contributed by atoms with van der Waals surface area (Å²) in [5, 5.41) is 11.1. The average Bonchev–Trinajstić information content (AvgIpc) is 2.88. The van der Waals surface area contributed by atoms with Gasteiger partial charge in [-0.3, -0.25) is 0 Å². The van der Waals surface area contributed by atoms with Crippen molar-refractivity contribution in [2.45, 2.75) is 19.3 Å². The van der Waals surface area contributed by atoms with Crippen LogP contribution in [0.15, 0.2) is 77.8 Å². The minimum absolute atomic E-state index is 0.0503. The van der Waals surface area contributed by atoms with Crippen LogP contribution in [0, 0.1) is 29.1 Å². The SMILES string of the molecule is CC(C)(c1ccccc1)c1cc(-c2ccccc2)cc(C=Nc2c(F)c(F)c(F)c(F)c2F)c1O. The molecule has 0 fully saturated rings. The van der Waals surface area contributed by atoms with Crippen molar-refractivity contribution in [3.05, 3.63) is 119 Å². The molecule has 0 radical (unpaired) electrons. The maximum absolute atomic E-state index is 14.1. The Balaban J connectivity index is 1.92. The highest BCUT2D eigenvalue weighted by Gasteiger charge is 2.29. The molecule has 4 rings (SSSR count). The van der Waals surface area contributed by atoms with E-state index in [9.17, 15) is 27.1 Å². The van der Waals surface area contributed by atoms with E-state index < -0.39 is 40.2 Å². The smallest absolute Gasteiger partial charge is 0.200 e. The van der Waals surface area contributed by atoms with Gasteiger partial charge in [-0.2, -0.15) is 0 Å². The molecule has 0 aliphatic rings. The molecule has 0 saturated heterocycles. The maximum Gasteiger partial charge on any atom is 0.200 e. The number of phenolic OH excluding ortho intramolecular Hbond substituents is 1. The quantitative estimate of drug-likeness (QED) is 0.134. The van der Waals surface area contributed by atoms with E-state index in [4.69, 9.17) is 0 Å². The molecule has 0 heterocycles. The Morgan fingerprint density at radius 1 is 0.686 bits per heavy atom. The summed E-state index contributed by atoms with van der Waals surface area (Å²) in [4.78, 5) is 3.55. The molecule has 4 aromatic carbocycles. The summed E-state index contributed by atoms with van der Waals surface area (Å²) in [6.07, 6.45) is 0.893. The molecule has 0 aliphatic heterocycles. The molecule has 178 valence electrons. The lowest BCUT2D eigenvalue weighted by atomic mass is 9.76. The zero-order chi connectivity index (χ0) is 25.3. The van der Waals surface area contributed by atoms with Gasteiger partial charge in [-0.15, -0.1) is 0 Å². The van der Waals surface area contributed by atoms with Crippen molar-refractivity contribution in [2.24, 2.45) is 4.99 Å². The van der Waals surface area contributed by atoms with Gasteiger partial charge in [0, 0.05) is 22.8 Å². The Morgan fingerprint density at radius 3 is 1.77 bits per heavy atom. The van der Waals surface area contributed by atoms with Crippen LogP contribution in [0.25, 0.3) is 11.1 Å². The number of halogens is 5. The van der Waals surface area contributed by atoms with Crippen molar-refractivity contribution >= 4 is 11.9 Å². The van der Waals surface area contributed by atoms with Crippen LogP contribution in [-0.4, -0.2) is 11.3 Å². The number of phenols is 1. The molecular formula is C28H20F5NO. The summed E-state index contributed by atoms with van der Waals surface area (Å²) in [7, 11) is 0. The number of hydrogen-bond donors (Lipinski definition) is 1. The summed E-state index contributed by atoms with van der Waals surface area (Å²) >= 11 is 0. The van der Waals surface area contributed by atoms with Gasteiger partial charge in [-0.1, -0.05) is 74.5 Å². The molecule has 0 spiro atoms. The average molecular weight is 481 g/mol. The highest BCUT2D eigenvalue weighted by atomic mass is 19.2. The van der Waals surface area contributed by atoms with Gasteiger partial charge in [-0.05, 0) is 28.8 Å². The topological polar surface area (TPSA) is 32.6 Å². The van der Waals surface area contributed by atoms with Crippen LogP contribution >= 0.6 is 0 Å². The van der Waals surface area contributed by atoms with E-state index in [1.807, 2.05) is 74.5 Å². The van der Waals surface area contributed by atoms with Gasteiger partial charge in [0.05, 0.1) is 0 Å². The largest absolute Gasteiger partial charge is 0.507 e. The van der Waals surface area contributed by atoms with E-state index in [0.29, 0.717) is 11.1 Å². The molecule has 1 N–H and O–H groups in total. The molecule has 35 heavy (non-hydrogen) atoms. The molecule has 0 atom stereocenters. The van der Waals surface area contributed by atoms with E-state index >= 15 is 0 Å². The second-order valence-electron chi connectivity index (χ2n) is 8.50. The third-order valence-electron chi connectivity index (χ3n) is 5.93. The Labute approximate surface area is 199 Å². The van der Waals surface area contributed by atoms with E-state index in [0.717, 1.165) is 17.3 Å². The first kappa shape index (κ1) is 24.1. The number of rotatable bonds is 5. The van der Waals surface area contributed by atoms with Gasteiger partial charge < -0.3 is 5.11 Å². The predicted molar refractivity (Wildman–Crippen MR) is 126 cm³/mol. The Bertz CT molecular complexity index is 1390. The number of aliphatic imine (C=N–C) groups is 1. The zero-order valence-corrected chi connectivity index (χ0v) is 18.8. The van der Waals surface area contributed by atoms with Crippen LogP contribution in [0.2, 0.25) is 0 Å². The van der Waals surface area contributed by atoms with Gasteiger partial charge in [0.1, 0.15) is 11.4 Å². The number of benzene rings is 4. The van der Waals surface area contributed by atoms with Crippen LogP contribution in [0.5, 0.6) is 5.75 Å². The monoisotopic (exact) mass is 481 g/mol. The minimum atomic E-state index is -2.26. The number of aromatic hydroxyl groups is 1. The second-order valence-corrected chi connectivity index (χ2v) is 8.50. The lowest BCUT2D eigenvalue weighted by Crippen LogP contribution is -2.19. The molecule has 0 amide bonds. The second kappa shape index (κ2) is 9.33. The fraction of sp³-hybridized carbons (Fsp3) is 0.107. The summed E-state index contributed by atoms with van der Waals surface area (Å²) in [5.41, 5.74) is 0.851. The van der Waals surface area contributed by atoms with Crippen molar-refractivity contribution in [1.82, 2.24) is 0 Å². The van der Waals surface area contributed by atoms with Gasteiger partial charge in [0.2, 0.25) is 5.82 Å². The lowest BCUT2D eigenvalue weighted by molar-refractivity contribution is 0.381. The Kier molecular flexibility index (Phi) is 6.43. The number of hydrogen-bond acceptors (Lipinski definition) is 2. The van der Waals surface area contributed by atoms with Crippen molar-refractivity contribution in [2.75, 3.05) is 0 Å². The molecule has 0 aromatic heterocycles. The molecule has 0 bridgehead atoms. The van der Waals surface area contributed by atoms with Crippen molar-refractivity contribution in [3.63, 3.8) is 0 Å². The van der Waals surface area contributed by atoms with E-state index in [1.165, 1.54) is 6.07 Å². The Morgan fingerprint density at radius 2 is 1.20 bits per heavy atom. The third kappa shape index (κ3) is 4.41. The van der Waals surface area contributed by atoms with E-state index in [1.54, 1.807) is 6.07 Å². The van der Waals surface area contributed by atoms with Crippen molar-refractivity contribution in [3.8, 4) is 16.9 Å². The van der Waals surface area contributed by atoms with Gasteiger partial charge >= 0.3 is 0 Å². The fourth-order valence-corrected chi connectivity index (χ4v) is 3.88. The van der Waals surface area contributed by atoms with Crippen LogP contribution in [-0.2, 0) is 5.41 Å². The first-order valence-corrected chi connectivity index (χ1v) is 10.7. The lowest BCUT2D eigenvalue weighted by Gasteiger charge is -2.28. The third-order valence-corrected chi connectivity index (χ3v) is 5.93. The first-order chi connectivity index (χ1) is 16.6. The first-order valence-electron chi connectivity index (χ1n) is 10.7. The molecule has 0 saturated carbocycles. The summed E-state index contributed by atoms with van der Waals surface area (Å²) < 4.78 is 68.9. The molecule has 0 unspecified atom stereocenters. The predicted octanol–water partition coefficient (Wildman–Crippen LogP) is 7.83. The van der Waals surface area contributed by atoms with Crippen LogP contribution < -0.4 is 0 Å². The van der Waals surface area contributed by atoms with E-state index in [-0.39, 0.29) is 11.3 Å². The summed E-state index contributed by atoms with van der Waals surface area (Å²) in [6, 6.07) is 21.9. The molecule has 7 heteroatoms. The standard InChI is InChI=1S/C28H20F5NO/c1-28(2,19-11-7-4-8-12-19)20-14-17(16-9-5-3-6-10-16)13-18(27(20)35)15-34-26-24(32)22(30)21(29)23(31)25(26)33/h3-15,35H,1-2H3. The summed E-state index contributed by atoms with van der Waals surface area (Å²) in [5.74, 6) is -10.8. The fourth-order valence-electron chi connectivity index (χ4n) is 3.88. The van der Waals surface area contributed by atoms with Crippen LogP contribution in [0.1, 0.15) is 30.5 Å². The van der Waals surface area contributed by atoms with Gasteiger partial charge in [0.25, 0.3) is 0 Å². The minimum Gasteiger partial charge on any atom is -0.507 e. The zero-order valence-electron chi connectivity index (χ0n) is 18.8. The molecule has 4 aromatic rings. The highest BCUT2D eigenvalue weighted by molar-refractivity contribution is 5.89. The van der Waals surface area contributed by atoms with Crippen LogP contribution in [0.4, 0.5) is 27.6 Å². The Hall–Kier alpha value is -4.00. The molecular weight excluding hydrogens is 461 g/mol. The van der Waals surface area contributed by atoms with Gasteiger partial charge in [0.15, 0.2) is 23.3 Å². The normalized spacial score (nSPS) is 11.9. The number of nitrogens with zero attached hydrogens (tertiary/aromatic N) is 1. The van der Waals surface area contributed by atoms with Gasteiger partial charge in [-0.25, -0.2) is 26.9 Å². The summed E-state index contributed by atoms with van der Waals surface area (Å²) in [6.45, 7) is 3.80. The van der Waals surface area contributed by atoms with Crippen LogP contribution in [0.3, 0.4) is 0 Å².